The van der Waals surface area contributed by atoms with Crippen LogP contribution < -0.4 is 5.32 Å². The molecule has 0 bridgehead atoms. The molecule has 4 rings (SSSR count). The predicted octanol–water partition coefficient (Wildman–Crippen LogP) is 2.94. The summed E-state index contributed by atoms with van der Waals surface area (Å²) in [5.74, 6) is 0.693. The van der Waals surface area contributed by atoms with E-state index in [2.05, 4.69) is 27.4 Å². The molecule has 100 valence electrons. The summed E-state index contributed by atoms with van der Waals surface area (Å²) in [5, 5.41) is 3.39. The van der Waals surface area contributed by atoms with Gasteiger partial charge in [0.1, 0.15) is 11.3 Å². The summed E-state index contributed by atoms with van der Waals surface area (Å²) in [4.78, 5) is 7.72. The molecule has 0 radical (unpaired) electrons. The lowest BCUT2D eigenvalue weighted by Gasteiger charge is -2.24. The van der Waals surface area contributed by atoms with Gasteiger partial charge in [-0.25, -0.2) is 9.37 Å². The maximum Gasteiger partial charge on any atom is 0.151 e. The van der Waals surface area contributed by atoms with Crippen molar-refractivity contribution in [3.8, 4) is 0 Å². The smallest absolute Gasteiger partial charge is 0.151 e. The fourth-order valence-corrected chi connectivity index (χ4v) is 2.92. The summed E-state index contributed by atoms with van der Waals surface area (Å²) in [6.07, 6.45) is 0. The molecule has 1 aliphatic heterocycles. The van der Waals surface area contributed by atoms with Crippen LogP contribution in [0.5, 0.6) is 0 Å². The second-order valence-electron chi connectivity index (χ2n) is 5.14. The van der Waals surface area contributed by atoms with Gasteiger partial charge in [-0.05, 0) is 23.3 Å². The minimum absolute atomic E-state index is 0.145. The molecule has 1 unspecified atom stereocenters. The monoisotopic (exact) mass is 267 g/mol. The Kier molecular flexibility index (Phi) is 2.57. The van der Waals surface area contributed by atoms with E-state index in [1.54, 1.807) is 6.07 Å². The largest absolute Gasteiger partial charge is 0.341 e. The van der Waals surface area contributed by atoms with Crippen molar-refractivity contribution in [2.75, 3.05) is 6.54 Å². The van der Waals surface area contributed by atoms with Gasteiger partial charge in [0.25, 0.3) is 0 Å². The van der Waals surface area contributed by atoms with Crippen LogP contribution in [0.2, 0.25) is 0 Å². The van der Waals surface area contributed by atoms with Crippen LogP contribution in [-0.4, -0.2) is 16.5 Å². The third-order valence-electron chi connectivity index (χ3n) is 3.91. The molecule has 0 amide bonds. The second-order valence-corrected chi connectivity index (χ2v) is 5.14. The zero-order chi connectivity index (χ0) is 13.5. The summed E-state index contributed by atoms with van der Waals surface area (Å²) < 4.78 is 13.8. The maximum atomic E-state index is 13.8. The highest BCUT2D eigenvalue weighted by Crippen LogP contribution is 2.29. The van der Waals surface area contributed by atoms with Crippen molar-refractivity contribution in [3.63, 3.8) is 0 Å². The van der Waals surface area contributed by atoms with Gasteiger partial charge in [0, 0.05) is 13.1 Å². The lowest BCUT2D eigenvalue weighted by atomic mass is 9.90. The number of benzene rings is 2. The molecule has 3 aromatic rings. The first-order valence-electron chi connectivity index (χ1n) is 6.75. The van der Waals surface area contributed by atoms with E-state index in [1.807, 2.05) is 18.2 Å². The van der Waals surface area contributed by atoms with Crippen molar-refractivity contribution in [3.05, 3.63) is 65.2 Å². The Morgan fingerprint density at radius 1 is 1.10 bits per heavy atom. The molecule has 1 atom stereocenters. The molecule has 20 heavy (non-hydrogen) atoms. The first-order chi connectivity index (χ1) is 9.83. The van der Waals surface area contributed by atoms with Crippen molar-refractivity contribution in [2.45, 2.75) is 12.5 Å². The molecule has 1 aliphatic rings. The predicted molar refractivity (Wildman–Crippen MR) is 76.0 cm³/mol. The average molecular weight is 267 g/mol. The lowest BCUT2D eigenvalue weighted by molar-refractivity contribution is 0.576. The number of fused-ring (bicyclic) bond motifs is 2. The topological polar surface area (TPSA) is 40.7 Å². The quantitative estimate of drug-likeness (QED) is 0.711. The molecule has 1 aromatic heterocycles. The van der Waals surface area contributed by atoms with Crippen molar-refractivity contribution >= 4 is 11.0 Å². The summed E-state index contributed by atoms with van der Waals surface area (Å²) in [6, 6.07) is 13.3. The Morgan fingerprint density at radius 2 is 2.00 bits per heavy atom. The standard InChI is InChI=1S/C16H14FN3/c17-13-6-3-7-14-15(13)20-16(19-14)12-9-18-8-10-4-1-2-5-11(10)12/h1-7,12,18H,8-9H2,(H,19,20). The summed E-state index contributed by atoms with van der Waals surface area (Å²) >= 11 is 0. The summed E-state index contributed by atoms with van der Waals surface area (Å²) in [7, 11) is 0. The lowest BCUT2D eigenvalue weighted by Crippen LogP contribution is -2.29. The van der Waals surface area contributed by atoms with E-state index in [0.717, 1.165) is 24.4 Å². The summed E-state index contributed by atoms with van der Waals surface area (Å²) in [5.41, 5.74) is 3.73. The van der Waals surface area contributed by atoms with E-state index >= 15 is 0 Å². The molecule has 0 aliphatic carbocycles. The van der Waals surface area contributed by atoms with Crippen molar-refractivity contribution < 1.29 is 4.39 Å². The highest BCUT2D eigenvalue weighted by molar-refractivity contribution is 5.75. The Balaban J connectivity index is 1.86. The van der Waals surface area contributed by atoms with Gasteiger partial charge in [-0.2, -0.15) is 0 Å². The third-order valence-corrected chi connectivity index (χ3v) is 3.91. The fraction of sp³-hybridized carbons (Fsp3) is 0.188. The van der Waals surface area contributed by atoms with Crippen molar-refractivity contribution in [2.24, 2.45) is 0 Å². The van der Waals surface area contributed by atoms with Gasteiger partial charge in [-0.15, -0.1) is 0 Å². The van der Waals surface area contributed by atoms with Crippen LogP contribution in [-0.2, 0) is 6.54 Å². The van der Waals surface area contributed by atoms with E-state index in [9.17, 15) is 4.39 Å². The fourth-order valence-electron chi connectivity index (χ4n) is 2.92. The van der Waals surface area contributed by atoms with Crippen LogP contribution >= 0.6 is 0 Å². The highest BCUT2D eigenvalue weighted by Gasteiger charge is 2.24. The average Bonchev–Trinajstić information content (AvgIpc) is 2.92. The van der Waals surface area contributed by atoms with Gasteiger partial charge in [-0.3, -0.25) is 0 Å². The van der Waals surface area contributed by atoms with Gasteiger partial charge < -0.3 is 10.3 Å². The molecule has 2 N–H and O–H groups in total. The van der Waals surface area contributed by atoms with Gasteiger partial charge in [0.15, 0.2) is 5.82 Å². The number of hydrogen-bond donors (Lipinski definition) is 2. The SMILES string of the molecule is Fc1cccc2[nH]c(C3CNCc4ccccc43)nc12. The number of rotatable bonds is 1. The first kappa shape index (κ1) is 11.6. The van der Waals surface area contributed by atoms with Crippen LogP contribution in [0.3, 0.4) is 0 Å². The van der Waals surface area contributed by atoms with Crippen LogP contribution in [0.15, 0.2) is 42.5 Å². The Labute approximate surface area is 115 Å². The Hall–Kier alpha value is -2.20. The zero-order valence-electron chi connectivity index (χ0n) is 10.9. The van der Waals surface area contributed by atoms with Crippen LogP contribution in [0.1, 0.15) is 22.9 Å². The van der Waals surface area contributed by atoms with E-state index < -0.39 is 0 Å². The van der Waals surface area contributed by atoms with Crippen LogP contribution in [0.25, 0.3) is 11.0 Å². The first-order valence-corrected chi connectivity index (χ1v) is 6.75. The van der Waals surface area contributed by atoms with Gasteiger partial charge in [-0.1, -0.05) is 30.3 Å². The number of nitrogens with one attached hydrogen (secondary N) is 2. The second kappa shape index (κ2) is 4.42. The normalized spacial score (nSPS) is 18.1. The molecule has 2 aromatic carbocycles. The minimum atomic E-state index is -0.276. The number of halogens is 1. The van der Waals surface area contributed by atoms with Gasteiger partial charge in [0.05, 0.1) is 11.4 Å². The Morgan fingerprint density at radius 3 is 2.90 bits per heavy atom. The number of aromatic amines is 1. The molecule has 0 saturated carbocycles. The van der Waals surface area contributed by atoms with Gasteiger partial charge in [0.2, 0.25) is 0 Å². The minimum Gasteiger partial charge on any atom is -0.341 e. The van der Waals surface area contributed by atoms with Gasteiger partial charge >= 0.3 is 0 Å². The highest BCUT2D eigenvalue weighted by atomic mass is 19.1. The molecule has 2 heterocycles. The van der Waals surface area contributed by atoms with E-state index in [-0.39, 0.29) is 11.7 Å². The zero-order valence-corrected chi connectivity index (χ0v) is 10.9. The van der Waals surface area contributed by atoms with Crippen LogP contribution in [0.4, 0.5) is 4.39 Å². The number of hydrogen-bond acceptors (Lipinski definition) is 2. The van der Waals surface area contributed by atoms with E-state index in [0.29, 0.717) is 5.52 Å². The third kappa shape index (κ3) is 1.72. The van der Waals surface area contributed by atoms with Crippen molar-refractivity contribution in [1.82, 2.24) is 15.3 Å². The van der Waals surface area contributed by atoms with E-state index in [4.69, 9.17) is 0 Å². The summed E-state index contributed by atoms with van der Waals surface area (Å²) in [6.45, 7) is 1.69. The number of imidazole rings is 1. The molecule has 3 nitrogen and oxygen atoms in total. The van der Waals surface area contributed by atoms with E-state index in [1.165, 1.54) is 17.2 Å². The molecular weight excluding hydrogens is 253 g/mol. The molecule has 0 spiro atoms. The Bertz CT molecular complexity index is 778. The van der Waals surface area contributed by atoms with Crippen molar-refractivity contribution in [1.29, 1.82) is 0 Å². The molecule has 0 saturated heterocycles. The molecule has 0 fully saturated rings. The number of H-pyrrole nitrogens is 1. The molecule has 4 heteroatoms. The number of nitrogens with zero attached hydrogens (tertiary/aromatic N) is 1. The number of aromatic nitrogens is 2. The van der Waals surface area contributed by atoms with Crippen LogP contribution in [0, 0.1) is 5.82 Å². The maximum absolute atomic E-state index is 13.8. The number of para-hydroxylation sites is 1. The molecular formula is C16H14FN3.